The number of carboxylic acid groups (broad SMARTS) is 1. The first-order chi connectivity index (χ1) is 13.0. The fourth-order valence-electron chi connectivity index (χ4n) is 4.00. The SMILES string of the molecule is O=C(O)[C@@H]1CN(C(=O)CN2Cc3ccccc3C2=O)C[C@@H]1c1ccccc1. The fraction of sp³-hybridized carbons (Fsp3) is 0.286. The van der Waals surface area contributed by atoms with Crippen molar-refractivity contribution in [2.75, 3.05) is 19.6 Å². The fourth-order valence-corrected chi connectivity index (χ4v) is 4.00. The van der Waals surface area contributed by atoms with Crippen LogP contribution in [0.2, 0.25) is 0 Å². The van der Waals surface area contributed by atoms with Crippen molar-refractivity contribution in [3.63, 3.8) is 0 Å². The van der Waals surface area contributed by atoms with E-state index in [1.165, 1.54) is 4.90 Å². The van der Waals surface area contributed by atoms with Gasteiger partial charge in [0.05, 0.1) is 5.92 Å². The lowest BCUT2D eigenvalue weighted by molar-refractivity contribution is -0.141. The van der Waals surface area contributed by atoms with Crippen molar-refractivity contribution in [2.24, 2.45) is 5.92 Å². The molecule has 0 saturated carbocycles. The van der Waals surface area contributed by atoms with Crippen molar-refractivity contribution in [1.82, 2.24) is 9.80 Å². The highest BCUT2D eigenvalue weighted by Crippen LogP contribution is 2.33. The van der Waals surface area contributed by atoms with Gasteiger partial charge in [0.1, 0.15) is 6.54 Å². The van der Waals surface area contributed by atoms with Gasteiger partial charge in [0.15, 0.2) is 0 Å². The van der Waals surface area contributed by atoms with Crippen LogP contribution in [0, 0.1) is 5.92 Å². The van der Waals surface area contributed by atoms with Crippen molar-refractivity contribution < 1.29 is 19.5 Å². The van der Waals surface area contributed by atoms with Gasteiger partial charge in [-0.25, -0.2) is 0 Å². The average molecular weight is 364 g/mol. The minimum atomic E-state index is -0.899. The van der Waals surface area contributed by atoms with Crippen molar-refractivity contribution >= 4 is 17.8 Å². The Balaban J connectivity index is 1.47. The molecule has 1 fully saturated rings. The molecule has 6 nitrogen and oxygen atoms in total. The second kappa shape index (κ2) is 6.87. The van der Waals surface area contributed by atoms with Crippen LogP contribution in [0.1, 0.15) is 27.4 Å². The molecule has 0 aliphatic carbocycles. The number of fused-ring (bicyclic) bond motifs is 1. The summed E-state index contributed by atoms with van der Waals surface area (Å²) in [5.74, 6) is -2.13. The predicted molar refractivity (Wildman–Crippen MR) is 98.1 cm³/mol. The number of likely N-dealkylation sites (tertiary alicyclic amines) is 1. The van der Waals surface area contributed by atoms with Gasteiger partial charge in [-0.15, -0.1) is 0 Å². The van der Waals surface area contributed by atoms with Crippen LogP contribution in [-0.2, 0) is 16.1 Å². The Morgan fingerprint density at radius 3 is 2.41 bits per heavy atom. The molecule has 2 aliphatic heterocycles. The maximum absolute atomic E-state index is 12.8. The number of amides is 2. The Hall–Kier alpha value is -3.15. The second-order valence-corrected chi connectivity index (χ2v) is 7.08. The van der Waals surface area contributed by atoms with Crippen LogP contribution in [0.4, 0.5) is 0 Å². The molecule has 2 aromatic carbocycles. The number of benzene rings is 2. The quantitative estimate of drug-likeness (QED) is 0.900. The first-order valence-electron chi connectivity index (χ1n) is 8.97. The summed E-state index contributed by atoms with van der Waals surface area (Å²) < 4.78 is 0. The van der Waals surface area contributed by atoms with Gasteiger partial charge in [-0.05, 0) is 17.2 Å². The molecule has 0 spiro atoms. The molecule has 2 heterocycles. The lowest BCUT2D eigenvalue weighted by Gasteiger charge is -2.21. The first kappa shape index (κ1) is 17.3. The number of carbonyl (C=O) groups excluding carboxylic acids is 2. The summed E-state index contributed by atoms with van der Waals surface area (Å²) in [6.45, 7) is 0.915. The van der Waals surface area contributed by atoms with Crippen molar-refractivity contribution in [3.05, 3.63) is 71.3 Å². The van der Waals surface area contributed by atoms with Gasteiger partial charge >= 0.3 is 5.97 Å². The van der Waals surface area contributed by atoms with E-state index in [4.69, 9.17) is 0 Å². The van der Waals surface area contributed by atoms with E-state index in [2.05, 4.69) is 0 Å². The van der Waals surface area contributed by atoms with Crippen LogP contribution >= 0.6 is 0 Å². The molecule has 2 amide bonds. The largest absolute Gasteiger partial charge is 0.481 e. The van der Waals surface area contributed by atoms with E-state index in [0.717, 1.165) is 11.1 Å². The molecular formula is C21H20N2O4. The van der Waals surface area contributed by atoms with E-state index >= 15 is 0 Å². The lowest BCUT2D eigenvalue weighted by atomic mass is 9.89. The van der Waals surface area contributed by atoms with Crippen LogP contribution in [-0.4, -0.2) is 52.3 Å². The van der Waals surface area contributed by atoms with E-state index in [1.54, 1.807) is 11.0 Å². The third kappa shape index (κ3) is 3.18. The minimum Gasteiger partial charge on any atom is -0.481 e. The Bertz CT molecular complexity index is 896. The Kier molecular flexibility index (Phi) is 4.39. The van der Waals surface area contributed by atoms with Crippen LogP contribution in [0.3, 0.4) is 0 Å². The zero-order chi connectivity index (χ0) is 19.0. The minimum absolute atomic E-state index is 0.0264. The smallest absolute Gasteiger partial charge is 0.308 e. The molecule has 6 heteroatoms. The Labute approximate surface area is 157 Å². The summed E-state index contributed by atoms with van der Waals surface area (Å²) in [6.07, 6.45) is 0. The van der Waals surface area contributed by atoms with E-state index in [0.29, 0.717) is 18.7 Å². The lowest BCUT2D eigenvalue weighted by Crippen LogP contribution is -2.39. The van der Waals surface area contributed by atoms with Gasteiger partial charge in [0, 0.05) is 31.1 Å². The number of carboxylic acids is 1. The molecule has 4 rings (SSSR count). The van der Waals surface area contributed by atoms with E-state index in [-0.39, 0.29) is 30.8 Å². The molecule has 1 saturated heterocycles. The predicted octanol–water partition coefficient (Wildman–Crippen LogP) is 1.97. The highest BCUT2D eigenvalue weighted by molar-refractivity contribution is 6.00. The summed E-state index contributed by atoms with van der Waals surface area (Å²) in [5, 5.41) is 9.59. The van der Waals surface area contributed by atoms with Crippen molar-refractivity contribution in [1.29, 1.82) is 0 Å². The number of aliphatic carboxylic acids is 1. The normalized spacial score (nSPS) is 21.4. The third-order valence-electron chi connectivity index (χ3n) is 5.44. The van der Waals surface area contributed by atoms with E-state index in [1.807, 2.05) is 48.5 Å². The van der Waals surface area contributed by atoms with Crippen LogP contribution in [0.5, 0.6) is 0 Å². The maximum atomic E-state index is 12.8. The van der Waals surface area contributed by atoms with Gasteiger partial charge in [-0.3, -0.25) is 14.4 Å². The number of nitrogens with zero attached hydrogens (tertiary/aromatic N) is 2. The van der Waals surface area contributed by atoms with Crippen molar-refractivity contribution in [2.45, 2.75) is 12.5 Å². The average Bonchev–Trinajstić information content (AvgIpc) is 3.26. The van der Waals surface area contributed by atoms with Gasteiger partial charge in [0.2, 0.25) is 5.91 Å². The molecule has 1 N–H and O–H groups in total. The summed E-state index contributed by atoms with van der Waals surface area (Å²) >= 11 is 0. The molecule has 2 atom stereocenters. The monoisotopic (exact) mass is 364 g/mol. The highest BCUT2D eigenvalue weighted by atomic mass is 16.4. The molecule has 0 radical (unpaired) electrons. The number of carbonyl (C=O) groups is 3. The van der Waals surface area contributed by atoms with E-state index in [9.17, 15) is 19.5 Å². The number of hydrogen-bond donors (Lipinski definition) is 1. The molecule has 27 heavy (non-hydrogen) atoms. The van der Waals surface area contributed by atoms with Gasteiger partial charge in [0.25, 0.3) is 5.91 Å². The molecule has 0 bridgehead atoms. The maximum Gasteiger partial charge on any atom is 0.308 e. The van der Waals surface area contributed by atoms with Crippen LogP contribution < -0.4 is 0 Å². The molecular weight excluding hydrogens is 344 g/mol. The zero-order valence-electron chi connectivity index (χ0n) is 14.7. The second-order valence-electron chi connectivity index (χ2n) is 7.08. The summed E-state index contributed by atoms with van der Waals surface area (Å²) in [4.78, 5) is 40.0. The van der Waals surface area contributed by atoms with E-state index < -0.39 is 11.9 Å². The Morgan fingerprint density at radius 2 is 1.70 bits per heavy atom. The standard InChI is InChI=1S/C21H20N2O4/c24-19(13-23-10-15-8-4-5-9-16(15)20(23)25)22-11-17(18(12-22)21(26)27)14-6-2-1-3-7-14/h1-9,17-18H,10-13H2,(H,26,27)/t17-,18-/m1/s1. The third-order valence-corrected chi connectivity index (χ3v) is 5.44. The molecule has 0 aromatic heterocycles. The molecule has 0 unspecified atom stereocenters. The van der Waals surface area contributed by atoms with Gasteiger partial charge in [-0.2, -0.15) is 0 Å². The van der Waals surface area contributed by atoms with Gasteiger partial charge in [-0.1, -0.05) is 48.5 Å². The van der Waals surface area contributed by atoms with Crippen molar-refractivity contribution in [3.8, 4) is 0 Å². The number of hydrogen-bond acceptors (Lipinski definition) is 3. The summed E-state index contributed by atoms with van der Waals surface area (Å²) in [7, 11) is 0. The molecule has 138 valence electrons. The Morgan fingerprint density at radius 1 is 1.00 bits per heavy atom. The summed E-state index contributed by atoms with van der Waals surface area (Å²) in [6, 6.07) is 16.8. The first-order valence-corrected chi connectivity index (χ1v) is 8.97. The van der Waals surface area contributed by atoms with Crippen LogP contribution in [0.25, 0.3) is 0 Å². The molecule has 2 aliphatic rings. The molecule has 2 aromatic rings. The topological polar surface area (TPSA) is 77.9 Å². The van der Waals surface area contributed by atoms with Gasteiger partial charge < -0.3 is 14.9 Å². The van der Waals surface area contributed by atoms with Crippen LogP contribution in [0.15, 0.2) is 54.6 Å². The number of rotatable bonds is 4. The summed E-state index contributed by atoms with van der Waals surface area (Å²) in [5.41, 5.74) is 2.48. The highest BCUT2D eigenvalue weighted by Gasteiger charge is 2.41. The zero-order valence-corrected chi connectivity index (χ0v) is 14.7.